The number of benzene rings is 3. The fourth-order valence-corrected chi connectivity index (χ4v) is 4.74. The van der Waals surface area contributed by atoms with E-state index in [0.717, 1.165) is 31.2 Å². The largest absolute Gasteiger partial charge is 0.493 e. The first kappa shape index (κ1) is 25.3. The summed E-state index contributed by atoms with van der Waals surface area (Å²) in [6, 6.07) is 21.7. The third kappa shape index (κ3) is 5.86. The van der Waals surface area contributed by atoms with Gasteiger partial charge < -0.3 is 25.4 Å². The SMILES string of the molecule is COc1ccc(C(=O)N(Cc2cccc(NC(=O)c3ccccc3)c2)C2CCCCC2N)cc1OC. The van der Waals surface area contributed by atoms with E-state index in [0.29, 0.717) is 34.9 Å². The second-order valence-corrected chi connectivity index (χ2v) is 9.04. The van der Waals surface area contributed by atoms with Gasteiger partial charge in [0.2, 0.25) is 0 Å². The summed E-state index contributed by atoms with van der Waals surface area (Å²) < 4.78 is 10.8. The van der Waals surface area contributed by atoms with Crippen molar-refractivity contribution < 1.29 is 19.1 Å². The maximum absolute atomic E-state index is 13.8. The van der Waals surface area contributed by atoms with Crippen molar-refractivity contribution in [2.24, 2.45) is 5.73 Å². The lowest BCUT2D eigenvalue weighted by molar-refractivity contribution is 0.0583. The molecule has 1 aliphatic carbocycles. The molecule has 0 aromatic heterocycles. The molecular formula is C29H33N3O4. The van der Waals surface area contributed by atoms with Crippen LogP contribution in [0.4, 0.5) is 5.69 Å². The van der Waals surface area contributed by atoms with Crippen molar-refractivity contribution in [3.05, 3.63) is 89.5 Å². The Balaban J connectivity index is 1.60. The highest BCUT2D eigenvalue weighted by molar-refractivity contribution is 6.04. The highest BCUT2D eigenvalue weighted by atomic mass is 16.5. The van der Waals surface area contributed by atoms with Crippen molar-refractivity contribution in [2.45, 2.75) is 44.3 Å². The van der Waals surface area contributed by atoms with E-state index in [4.69, 9.17) is 15.2 Å². The number of nitrogens with two attached hydrogens (primary N) is 1. The molecule has 0 bridgehead atoms. The Hall–Kier alpha value is -3.84. The van der Waals surface area contributed by atoms with Crippen LogP contribution >= 0.6 is 0 Å². The van der Waals surface area contributed by atoms with Crippen molar-refractivity contribution in [2.75, 3.05) is 19.5 Å². The smallest absolute Gasteiger partial charge is 0.255 e. The number of hydrogen-bond acceptors (Lipinski definition) is 5. The van der Waals surface area contributed by atoms with Gasteiger partial charge in [-0.05, 0) is 60.9 Å². The Morgan fingerprint density at radius 2 is 1.64 bits per heavy atom. The molecule has 1 saturated carbocycles. The lowest BCUT2D eigenvalue weighted by Gasteiger charge is -2.38. The molecule has 3 N–H and O–H groups in total. The van der Waals surface area contributed by atoms with E-state index < -0.39 is 0 Å². The molecule has 4 rings (SSSR count). The first-order chi connectivity index (χ1) is 17.5. The average Bonchev–Trinajstić information content (AvgIpc) is 2.92. The molecule has 0 radical (unpaired) electrons. The summed E-state index contributed by atoms with van der Waals surface area (Å²) in [5.41, 5.74) is 9.20. The van der Waals surface area contributed by atoms with Gasteiger partial charge in [0.05, 0.1) is 14.2 Å². The molecule has 0 aliphatic heterocycles. The molecule has 36 heavy (non-hydrogen) atoms. The molecule has 7 heteroatoms. The number of nitrogens with one attached hydrogen (secondary N) is 1. The maximum Gasteiger partial charge on any atom is 0.255 e. The first-order valence-corrected chi connectivity index (χ1v) is 12.2. The number of anilines is 1. The summed E-state index contributed by atoms with van der Waals surface area (Å²) in [7, 11) is 3.12. The molecular weight excluding hydrogens is 454 g/mol. The molecule has 0 saturated heterocycles. The lowest BCUT2D eigenvalue weighted by atomic mass is 9.89. The number of carbonyl (C=O) groups is 2. The molecule has 0 heterocycles. The second kappa shape index (κ2) is 11.7. The van der Waals surface area contributed by atoms with Gasteiger partial charge in [-0.2, -0.15) is 0 Å². The van der Waals surface area contributed by atoms with Crippen LogP contribution in [0.3, 0.4) is 0 Å². The van der Waals surface area contributed by atoms with Crippen LogP contribution in [-0.4, -0.2) is 43.0 Å². The van der Waals surface area contributed by atoms with Gasteiger partial charge in [-0.1, -0.05) is 43.2 Å². The van der Waals surface area contributed by atoms with Gasteiger partial charge in [0.15, 0.2) is 11.5 Å². The summed E-state index contributed by atoms with van der Waals surface area (Å²) in [5.74, 6) is 0.774. The summed E-state index contributed by atoms with van der Waals surface area (Å²) in [6.45, 7) is 0.376. The Bertz CT molecular complexity index is 1200. The standard InChI is InChI=1S/C29H33N3O4/c1-35-26-16-15-22(18-27(26)36-2)29(34)32(25-14-7-6-13-24(25)30)19-20-9-8-12-23(17-20)31-28(33)21-10-4-3-5-11-21/h3-5,8-12,15-18,24-25H,6-7,13-14,19,30H2,1-2H3,(H,31,33). The van der Waals surface area contributed by atoms with Crippen LogP contribution in [0, 0.1) is 0 Å². The molecule has 188 valence electrons. The number of amides is 2. The van der Waals surface area contributed by atoms with E-state index in [1.165, 1.54) is 0 Å². The van der Waals surface area contributed by atoms with E-state index in [-0.39, 0.29) is 23.9 Å². The van der Waals surface area contributed by atoms with E-state index >= 15 is 0 Å². The molecule has 3 aromatic carbocycles. The highest BCUT2D eigenvalue weighted by Crippen LogP contribution is 2.30. The molecule has 1 fully saturated rings. The number of methoxy groups -OCH3 is 2. The minimum Gasteiger partial charge on any atom is -0.493 e. The molecule has 2 amide bonds. The van der Waals surface area contributed by atoms with Crippen LogP contribution in [-0.2, 0) is 6.54 Å². The number of hydrogen-bond donors (Lipinski definition) is 2. The van der Waals surface area contributed by atoms with Gasteiger partial charge in [-0.25, -0.2) is 0 Å². The number of ether oxygens (including phenoxy) is 2. The monoisotopic (exact) mass is 487 g/mol. The topological polar surface area (TPSA) is 93.9 Å². The van der Waals surface area contributed by atoms with Crippen LogP contribution in [0.1, 0.15) is 52.0 Å². The molecule has 0 spiro atoms. The quantitative estimate of drug-likeness (QED) is 0.473. The zero-order valence-electron chi connectivity index (χ0n) is 20.8. The fraction of sp³-hybridized carbons (Fsp3) is 0.310. The molecule has 2 unspecified atom stereocenters. The number of rotatable bonds is 8. The summed E-state index contributed by atoms with van der Waals surface area (Å²) >= 11 is 0. The van der Waals surface area contributed by atoms with Gasteiger partial charge in [0.25, 0.3) is 11.8 Å². The van der Waals surface area contributed by atoms with E-state index in [1.807, 2.05) is 47.4 Å². The Labute approximate surface area is 212 Å². The third-order valence-electron chi connectivity index (χ3n) is 6.65. The van der Waals surface area contributed by atoms with Crippen molar-refractivity contribution >= 4 is 17.5 Å². The molecule has 7 nitrogen and oxygen atoms in total. The predicted octanol–water partition coefficient (Wildman–Crippen LogP) is 4.87. The van der Waals surface area contributed by atoms with Gasteiger partial charge in [0.1, 0.15) is 0 Å². The Morgan fingerprint density at radius 1 is 0.889 bits per heavy atom. The van der Waals surface area contributed by atoms with Crippen molar-refractivity contribution in [3.8, 4) is 11.5 Å². The lowest BCUT2D eigenvalue weighted by Crippen LogP contribution is -2.51. The number of carbonyl (C=O) groups excluding carboxylic acids is 2. The van der Waals surface area contributed by atoms with Crippen molar-refractivity contribution in [1.29, 1.82) is 0 Å². The Morgan fingerprint density at radius 3 is 2.36 bits per heavy atom. The highest BCUT2D eigenvalue weighted by Gasteiger charge is 2.32. The average molecular weight is 488 g/mol. The van der Waals surface area contributed by atoms with Gasteiger partial charge in [0, 0.05) is 35.4 Å². The third-order valence-corrected chi connectivity index (χ3v) is 6.65. The van der Waals surface area contributed by atoms with Crippen LogP contribution in [0.5, 0.6) is 11.5 Å². The van der Waals surface area contributed by atoms with Gasteiger partial charge >= 0.3 is 0 Å². The van der Waals surface area contributed by atoms with Crippen molar-refractivity contribution in [1.82, 2.24) is 4.90 Å². The van der Waals surface area contributed by atoms with Crippen molar-refractivity contribution in [3.63, 3.8) is 0 Å². The maximum atomic E-state index is 13.8. The van der Waals surface area contributed by atoms with Crippen LogP contribution in [0.2, 0.25) is 0 Å². The van der Waals surface area contributed by atoms with Crippen LogP contribution in [0.15, 0.2) is 72.8 Å². The minimum atomic E-state index is -0.180. The van der Waals surface area contributed by atoms with Gasteiger partial charge in [-0.15, -0.1) is 0 Å². The van der Waals surface area contributed by atoms with Crippen LogP contribution in [0.25, 0.3) is 0 Å². The normalized spacial score (nSPS) is 17.2. The van der Waals surface area contributed by atoms with Gasteiger partial charge in [-0.3, -0.25) is 9.59 Å². The number of nitrogens with zero attached hydrogens (tertiary/aromatic N) is 1. The molecule has 3 aromatic rings. The Kier molecular flexibility index (Phi) is 8.23. The van der Waals surface area contributed by atoms with E-state index in [1.54, 1.807) is 44.6 Å². The predicted molar refractivity (Wildman–Crippen MR) is 140 cm³/mol. The zero-order valence-corrected chi connectivity index (χ0v) is 20.8. The first-order valence-electron chi connectivity index (χ1n) is 12.2. The van der Waals surface area contributed by atoms with E-state index in [2.05, 4.69) is 5.32 Å². The summed E-state index contributed by atoms with van der Waals surface area (Å²) in [5, 5.41) is 2.95. The summed E-state index contributed by atoms with van der Waals surface area (Å²) in [6.07, 6.45) is 3.83. The molecule has 1 aliphatic rings. The molecule has 2 atom stereocenters. The second-order valence-electron chi connectivity index (χ2n) is 9.04. The van der Waals surface area contributed by atoms with Crippen LogP contribution < -0.4 is 20.5 Å². The zero-order chi connectivity index (χ0) is 25.5. The van der Waals surface area contributed by atoms with E-state index in [9.17, 15) is 9.59 Å². The fourth-order valence-electron chi connectivity index (χ4n) is 4.74. The minimum absolute atomic E-state index is 0.0816. The summed E-state index contributed by atoms with van der Waals surface area (Å²) in [4.78, 5) is 28.3.